The van der Waals surface area contributed by atoms with Gasteiger partial charge in [-0.05, 0) is 56.2 Å². The molecule has 0 spiro atoms. The smallest absolute Gasteiger partial charge is 0.255 e. The van der Waals surface area contributed by atoms with Crippen LogP contribution in [0.1, 0.15) is 54.2 Å². The Balaban J connectivity index is 1.46. The Morgan fingerprint density at radius 2 is 2.14 bits per heavy atom. The quantitative estimate of drug-likeness (QED) is 0.700. The molecule has 1 unspecified atom stereocenters. The van der Waals surface area contributed by atoms with E-state index in [2.05, 4.69) is 33.6 Å². The molecule has 7 nitrogen and oxygen atoms in total. The lowest BCUT2D eigenvalue weighted by Gasteiger charge is -2.34. The molecule has 1 saturated carbocycles. The first kappa shape index (κ1) is 18.2. The van der Waals surface area contributed by atoms with Crippen LogP contribution in [0.25, 0.3) is 10.9 Å². The molecule has 2 heterocycles. The third-order valence-corrected chi connectivity index (χ3v) is 6.09. The summed E-state index contributed by atoms with van der Waals surface area (Å²) in [6, 6.07) is 6.55. The lowest BCUT2D eigenvalue weighted by molar-refractivity contribution is 0.0645. The summed E-state index contributed by atoms with van der Waals surface area (Å²) in [6.07, 6.45) is 9.99. The summed E-state index contributed by atoms with van der Waals surface area (Å²) in [5, 5.41) is 9.96. The highest BCUT2D eigenvalue weighted by Gasteiger charge is 2.39. The number of aryl methyl sites for hydroxylation is 2. The molecule has 1 atom stereocenters. The summed E-state index contributed by atoms with van der Waals surface area (Å²) in [5.41, 5.74) is 7.49. The predicted molar refractivity (Wildman–Crippen MR) is 112 cm³/mol. The van der Waals surface area contributed by atoms with Crippen molar-refractivity contribution < 1.29 is 4.79 Å². The van der Waals surface area contributed by atoms with Gasteiger partial charge in [0.2, 0.25) is 0 Å². The van der Waals surface area contributed by atoms with Crippen LogP contribution >= 0.6 is 0 Å². The van der Waals surface area contributed by atoms with Crippen LogP contribution in [-0.4, -0.2) is 49.1 Å². The average molecular weight is 393 g/mol. The predicted octanol–water partition coefficient (Wildman–Crippen LogP) is 2.89. The SMILES string of the molecule is CCCNn1ncc2c(C(=O)N(C3CC3)C3CCc4nn(C)cc4C3)cccc21. The van der Waals surface area contributed by atoms with E-state index in [1.807, 2.05) is 36.1 Å². The highest BCUT2D eigenvalue weighted by atomic mass is 16.2. The Kier molecular flexibility index (Phi) is 4.53. The third kappa shape index (κ3) is 3.28. The maximum Gasteiger partial charge on any atom is 0.255 e. The number of benzene rings is 1. The fourth-order valence-corrected chi connectivity index (χ4v) is 4.56. The topological polar surface area (TPSA) is 68.0 Å². The number of amides is 1. The normalized spacial score (nSPS) is 18.6. The fraction of sp³-hybridized carbons (Fsp3) is 0.500. The first-order valence-electron chi connectivity index (χ1n) is 10.7. The van der Waals surface area contributed by atoms with Crippen LogP contribution in [0, 0.1) is 0 Å². The summed E-state index contributed by atoms with van der Waals surface area (Å²) in [6.45, 7) is 2.97. The maximum absolute atomic E-state index is 13.7. The number of carbonyl (C=O) groups excluding carboxylic acids is 1. The van der Waals surface area contributed by atoms with E-state index in [0.717, 1.165) is 61.5 Å². The number of fused-ring (bicyclic) bond motifs is 2. The van der Waals surface area contributed by atoms with Crippen LogP contribution < -0.4 is 5.43 Å². The van der Waals surface area contributed by atoms with Gasteiger partial charge in [0.1, 0.15) is 0 Å². The standard InChI is InChI=1S/C22H28N6O/c1-3-11-23-28-21-6-4-5-18(19(21)13-24-28)22(29)27(16-7-8-16)17-9-10-20-15(12-17)14-26(2)25-20/h4-6,13-14,16-17,23H,3,7-12H2,1-2H3. The molecule has 1 fully saturated rings. The molecule has 7 heteroatoms. The van der Waals surface area contributed by atoms with Gasteiger partial charge in [-0.15, -0.1) is 0 Å². The monoisotopic (exact) mass is 392 g/mol. The molecule has 3 aromatic rings. The molecule has 0 saturated heterocycles. The van der Waals surface area contributed by atoms with Gasteiger partial charge in [-0.3, -0.25) is 9.48 Å². The number of hydrogen-bond acceptors (Lipinski definition) is 4. The molecule has 152 valence electrons. The zero-order valence-electron chi connectivity index (χ0n) is 17.1. The summed E-state index contributed by atoms with van der Waals surface area (Å²) < 4.78 is 1.90. The van der Waals surface area contributed by atoms with Gasteiger partial charge in [-0.25, -0.2) is 0 Å². The van der Waals surface area contributed by atoms with Crippen molar-refractivity contribution in [1.82, 2.24) is 24.6 Å². The van der Waals surface area contributed by atoms with E-state index in [1.54, 1.807) is 4.79 Å². The van der Waals surface area contributed by atoms with Gasteiger partial charge < -0.3 is 10.3 Å². The van der Waals surface area contributed by atoms with E-state index in [4.69, 9.17) is 0 Å². The number of nitrogens with one attached hydrogen (secondary N) is 1. The van der Waals surface area contributed by atoms with E-state index >= 15 is 0 Å². The Morgan fingerprint density at radius 3 is 2.93 bits per heavy atom. The number of carbonyl (C=O) groups is 1. The zero-order chi connectivity index (χ0) is 20.0. The van der Waals surface area contributed by atoms with Crippen LogP contribution in [0.5, 0.6) is 0 Å². The van der Waals surface area contributed by atoms with Crippen LogP contribution in [-0.2, 0) is 19.9 Å². The van der Waals surface area contributed by atoms with Crippen molar-refractivity contribution in [3.05, 3.63) is 47.4 Å². The van der Waals surface area contributed by atoms with Crippen molar-refractivity contribution in [3.63, 3.8) is 0 Å². The number of nitrogens with zero attached hydrogens (tertiary/aromatic N) is 5. The third-order valence-electron chi connectivity index (χ3n) is 6.09. The van der Waals surface area contributed by atoms with E-state index in [1.165, 1.54) is 11.3 Å². The Hall–Kier alpha value is -2.83. The molecule has 1 aromatic carbocycles. The van der Waals surface area contributed by atoms with Crippen LogP contribution in [0.2, 0.25) is 0 Å². The molecule has 5 rings (SSSR count). The van der Waals surface area contributed by atoms with Gasteiger partial charge >= 0.3 is 0 Å². The van der Waals surface area contributed by atoms with Crippen molar-refractivity contribution in [2.45, 2.75) is 57.5 Å². The van der Waals surface area contributed by atoms with E-state index in [-0.39, 0.29) is 11.9 Å². The summed E-state index contributed by atoms with van der Waals surface area (Å²) in [7, 11) is 1.97. The molecule has 29 heavy (non-hydrogen) atoms. The van der Waals surface area contributed by atoms with Gasteiger partial charge in [-0.1, -0.05) is 13.0 Å². The average Bonchev–Trinajstić information content (AvgIpc) is 3.34. The van der Waals surface area contributed by atoms with Crippen molar-refractivity contribution in [3.8, 4) is 0 Å². The molecule has 1 N–H and O–H groups in total. The highest BCUT2D eigenvalue weighted by molar-refractivity contribution is 6.06. The van der Waals surface area contributed by atoms with Gasteiger partial charge in [0.05, 0.1) is 23.0 Å². The van der Waals surface area contributed by atoms with Crippen LogP contribution in [0.15, 0.2) is 30.6 Å². The van der Waals surface area contributed by atoms with Crippen LogP contribution in [0.3, 0.4) is 0 Å². The summed E-state index contributed by atoms with van der Waals surface area (Å²) >= 11 is 0. The van der Waals surface area contributed by atoms with Crippen molar-refractivity contribution in [1.29, 1.82) is 0 Å². The second-order valence-corrected chi connectivity index (χ2v) is 8.32. The molecular weight excluding hydrogens is 364 g/mol. The van der Waals surface area contributed by atoms with Gasteiger partial charge in [0.25, 0.3) is 5.91 Å². The minimum absolute atomic E-state index is 0.144. The minimum Gasteiger partial charge on any atom is -0.332 e. The van der Waals surface area contributed by atoms with E-state index < -0.39 is 0 Å². The largest absolute Gasteiger partial charge is 0.332 e. The van der Waals surface area contributed by atoms with Crippen LogP contribution in [0.4, 0.5) is 0 Å². The first-order chi connectivity index (χ1) is 14.2. The maximum atomic E-state index is 13.7. The van der Waals surface area contributed by atoms with Gasteiger partial charge in [-0.2, -0.15) is 15.0 Å². The summed E-state index contributed by atoms with van der Waals surface area (Å²) in [4.78, 5) is 17.7. The summed E-state index contributed by atoms with van der Waals surface area (Å²) in [5.74, 6) is 0.144. The fourth-order valence-electron chi connectivity index (χ4n) is 4.56. The van der Waals surface area contributed by atoms with E-state index in [0.29, 0.717) is 6.04 Å². The molecule has 2 aliphatic rings. The van der Waals surface area contributed by atoms with Crippen molar-refractivity contribution >= 4 is 16.8 Å². The minimum atomic E-state index is 0.144. The molecule has 0 bridgehead atoms. The Morgan fingerprint density at radius 1 is 1.28 bits per heavy atom. The molecule has 0 radical (unpaired) electrons. The molecular formula is C22H28N6O. The van der Waals surface area contributed by atoms with Gasteiger partial charge in [0.15, 0.2) is 0 Å². The van der Waals surface area contributed by atoms with Gasteiger partial charge in [0, 0.05) is 37.3 Å². The lowest BCUT2D eigenvalue weighted by atomic mass is 9.91. The first-order valence-corrected chi connectivity index (χ1v) is 10.7. The highest BCUT2D eigenvalue weighted by Crippen LogP contribution is 2.35. The Bertz CT molecular complexity index is 1050. The molecule has 1 amide bonds. The number of hydrogen-bond donors (Lipinski definition) is 1. The molecule has 2 aromatic heterocycles. The van der Waals surface area contributed by atoms with Crippen molar-refractivity contribution in [2.75, 3.05) is 12.0 Å². The zero-order valence-corrected chi connectivity index (χ0v) is 17.1. The lowest BCUT2D eigenvalue weighted by Crippen LogP contribution is -2.44. The number of aromatic nitrogens is 4. The second kappa shape index (κ2) is 7.21. The van der Waals surface area contributed by atoms with E-state index in [9.17, 15) is 4.79 Å². The Labute approximate surface area is 170 Å². The van der Waals surface area contributed by atoms with Crippen molar-refractivity contribution in [2.24, 2.45) is 7.05 Å². The molecule has 0 aliphatic heterocycles. The number of rotatable bonds is 6. The second-order valence-electron chi connectivity index (χ2n) is 8.32. The molecule has 2 aliphatic carbocycles.